The maximum absolute atomic E-state index is 12.7. The highest BCUT2D eigenvalue weighted by Gasteiger charge is 2.33. The molecule has 2 aromatic rings. The molecule has 2 amide bonds. The molecule has 31 heavy (non-hydrogen) atoms. The predicted octanol–water partition coefficient (Wildman–Crippen LogP) is 3.89. The van der Waals surface area contributed by atoms with E-state index in [1.54, 1.807) is 0 Å². The van der Waals surface area contributed by atoms with Crippen molar-refractivity contribution in [2.45, 2.75) is 25.7 Å². The average molecular weight is 438 g/mol. The van der Waals surface area contributed by atoms with Crippen LogP contribution in [0.5, 0.6) is 0 Å². The van der Waals surface area contributed by atoms with E-state index in [9.17, 15) is 9.59 Å². The Labute approximate surface area is 188 Å². The number of rotatable bonds is 6. The monoisotopic (exact) mass is 437 g/mol. The van der Waals surface area contributed by atoms with Gasteiger partial charge in [-0.2, -0.15) is 0 Å². The Morgan fingerprint density at radius 2 is 1.90 bits per heavy atom. The summed E-state index contributed by atoms with van der Waals surface area (Å²) in [7, 11) is 3.99. The van der Waals surface area contributed by atoms with Crippen molar-refractivity contribution in [1.29, 1.82) is 0 Å². The molecule has 3 N–H and O–H groups in total. The van der Waals surface area contributed by atoms with Gasteiger partial charge < -0.3 is 16.0 Å². The summed E-state index contributed by atoms with van der Waals surface area (Å²) in [5, 5.41) is 3.74. The van der Waals surface area contributed by atoms with Crippen molar-refractivity contribution >= 4 is 29.0 Å². The number of halogens is 1. The van der Waals surface area contributed by atoms with E-state index in [2.05, 4.69) is 16.3 Å². The summed E-state index contributed by atoms with van der Waals surface area (Å²) in [6.07, 6.45) is 3.18. The van der Waals surface area contributed by atoms with Gasteiger partial charge in [0.05, 0.1) is 0 Å². The van der Waals surface area contributed by atoms with E-state index < -0.39 is 5.91 Å². The largest absolute Gasteiger partial charge is 0.366 e. The molecule has 0 heterocycles. The fourth-order valence-corrected chi connectivity index (χ4v) is 4.76. The van der Waals surface area contributed by atoms with Crippen LogP contribution in [0.3, 0.4) is 0 Å². The van der Waals surface area contributed by atoms with Gasteiger partial charge in [0.1, 0.15) is 0 Å². The fraction of sp³-hybridized carbons (Fsp3) is 0.360. The average Bonchev–Trinajstić information content (AvgIpc) is 3.11. The molecular weight excluding hydrogens is 410 g/mol. The van der Waals surface area contributed by atoms with Gasteiger partial charge in [0.25, 0.3) is 0 Å². The number of nitrogens with zero attached hydrogens (tertiary/aromatic N) is 1. The van der Waals surface area contributed by atoms with Gasteiger partial charge >= 0.3 is 0 Å². The number of carbonyl (C=O) groups is 2. The van der Waals surface area contributed by atoms with E-state index in [0.29, 0.717) is 23.6 Å². The first kappa shape index (κ1) is 21.6. The second kappa shape index (κ2) is 8.85. The predicted molar refractivity (Wildman–Crippen MR) is 125 cm³/mol. The molecule has 0 bridgehead atoms. The van der Waals surface area contributed by atoms with E-state index in [1.807, 2.05) is 44.4 Å². The minimum Gasteiger partial charge on any atom is -0.366 e. The minimum atomic E-state index is -0.412. The second-order valence-corrected chi connectivity index (χ2v) is 9.15. The maximum atomic E-state index is 12.7. The zero-order valence-corrected chi connectivity index (χ0v) is 18.8. The maximum Gasteiger partial charge on any atom is 0.249 e. The van der Waals surface area contributed by atoms with Gasteiger partial charge in [-0.1, -0.05) is 29.3 Å². The Bertz CT molecular complexity index is 1060. The first-order valence-corrected chi connectivity index (χ1v) is 11.1. The highest BCUT2D eigenvalue weighted by atomic mass is 35.5. The first-order valence-electron chi connectivity index (χ1n) is 10.7. The van der Waals surface area contributed by atoms with Crippen LogP contribution in [0.25, 0.3) is 16.7 Å². The number of amides is 2. The molecule has 0 saturated heterocycles. The van der Waals surface area contributed by atoms with Crippen molar-refractivity contribution in [2.75, 3.05) is 27.2 Å². The molecular formula is C25H28ClN3O2. The summed E-state index contributed by atoms with van der Waals surface area (Å²) in [4.78, 5) is 27.1. The summed E-state index contributed by atoms with van der Waals surface area (Å²) in [5.41, 5.74) is 12.9. The van der Waals surface area contributed by atoms with E-state index in [4.69, 9.17) is 17.3 Å². The molecule has 0 saturated carbocycles. The van der Waals surface area contributed by atoms with Crippen LogP contribution < -0.4 is 11.1 Å². The zero-order chi connectivity index (χ0) is 22.1. The number of allylic oxidation sites excluding steroid dienone is 2. The van der Waals surface area contributed by atoms with Crippen LogP contribution in [-0.2, 0) is 11.2 Å². The van der Waals surface area contributed by atoms with E-state index in [-0.39, 0.29) is 11.8 Å². The van der Waals surface area contributed by atoms with Crippen LogP contribution in [0.15, 0.2) is 42.0 Å². The van der Waals surface area contributed by atoms with E-state index >= 15 is 0 Å². The smallest absolute Gasteiger partial charge is 0.249 e. The third kappa shape index (κ3) is 4.53. The molecule has 4 rings (SSSR count). The topological polar surface area (TPSA) is 75.4 Å². The Hall–Kier alpha value is -2.63. The number of fused-ring (bicyclic) bond motifs is 2. The van der Waals surface area contributed by atoms with Gasteiger partial charge in [-0.05, 0) is 91.9 Å². The normalized spacial score (nSPS) is 17.5. The standard InChI is InChI=1S/C25H28ClN3O2/c1-29(2)10-9-28-25(31)17-4-3-16-11-22-21(20(16)12-17)13-18(14-23(22)24(27)30)15-5-7-19(26)8-6-15/h5-8,13-14,17H,3-4,9-12H2,1-2H3,(H2,27,30)(H,28,31). The van der Waals surface area contributed by atoms with Gasteiger partial charge in [-0.15, -0.1) is 0 Å². The molecule has 0 aliphatic heterocycles. The lowest BCUT2D eigenvalue weighted by Gasteiger charge is -2.24. The van der Waals surface area contributed by atoms with Crippen molar-refractivity contribution in [3.05, 3.63) is 63.7 Å². The zero-order valence-electron chi connectivity index (χ0n) is 18.0. The molecule has 0 spiro atoms. The molecule has 2 aromatic carbocycles. The van der Waals surface area contributed by atoms with Gasteiger partial charge in [-0.25, -0.2) is 0 Å². The van der Waals surface area contributed by atoms with E-state index in [1.165, 1.54) is 11.1 Å². The lowest BCUT2D eigenvalue weighted by atomic mass is 9.83. The number of nitrogens with one attached hydrogen (secondary N) is 1. The Morgan fingerprint density at radius 1 is 1.16 bits per heavy atom. The summed E-state index contributed by atoms with van der Waals surface area (Å²) in [5.74, 6) is -0.334. The fourth-order valence-electron chi connectivity index (χ4n) is 4.63. The molecule has 0 fully saturated rings. The molecule has 0 aromatic heterocycles. The quantitative estimate of drug-likeness (QED) is 0.719. The second-order valence-electron chi connectivity index (χ2n) is 8.71. The van der Waals surface area contributed by atoms with Crippen molar-refractivity contribution < 1.29 is 9.59 Å². The van der Waals surface area contributed by atoms with Crippen LogP contribution in [-0.4, -0.2) is 43.9 Å². The number of carbonyl (C=O) groups excluding carboxylic acids is 2. The Kier molecular flexibility index (Phi) is 6.17. The minimum absolute atomic E-state index is 0.0388. The summed E-state index contributed by atoms with van der Waals surface area (Å²) in [6.45, 7) is 1.47. The molecule has 1 atom stereocenters. The van der Waals surface area contributed by atoms with Gasteiger partial charge in [0, 0.05) is 29.6 Å². The number of nitrogens with two attached hydrogens (primary N) is 1. The number of primary amides is 1. The Balaban J connectivity index is 1.63. The van der Waals surface area contributed by atoms with Crippen LogP contribution in [0.4, 0.5) is 0 Å². The molecule has 5 nitrogen and oxygen atoms in total. The summed E-state index contributed by atoms with van der Waals surface area (Å²) >= 11 is 6.04. The van der Waals surface area contributed by atoms with Crippen LogP contribution in [0.1, 0.15) is 40.7 Å². The lowest BCUT2D eigenvalue weighted by Crippen LogP contribution is -2.36. The molecule has 162 valence electrons. The number of benzene rings is 2. The van der Waals surface area contributed by atoms with Gasteiger partial charge in [0.15, 0.2) is 0 Å². The Morgan fingerprint density at radius 3 is 2.58 bits per heavy atom. The van der Waals surface area contributed by atoms with E-state index in [0.717, 1.165) is 48.1 Å². The molecule has 2 aliphatic carbocycles. The first-order chi connectivity index (χ1) is 14.8. The third-order valence-electron chi connectivity index (χ3n) is 6.31. The van der Waals surface area contributed by atoms with Crippen LogP contribution in [0, 0.1) is 5.92 Å². The molecule has 1 unspecified atom stereocenters. The number of hydrogen-bond acceptors (Lipinski definition) is 3. The number of hydrogen-bond donors (Lipinski definition) is 2. The van der Waals surface area contributed by atoms with Gasteiger partial charge in [0.2, 0.25) is 11.8 Å². The molecule has 0 radical (unpaired) electrons. The van der Waals surface area contributed by atoms with Gasteiger partial charge in [-0.3, -0.25) is 9.59 Å². The summed E-state index contributed by atoms with van der Waals surface area (Å²) < 4.78 is 0. The molecule has 2 aliphatic rings. The lowest BCUT2D eigenvalue weighted by molar-refractivity contribution is -0.125. The SMILES string of the molecule is CN(C)CCNC(=O)C1CCC2=C(C1)c1cc(-c3ccc(Cl)cc3)cc(C(N)=O)c1C2. The number of likely N-dealkylation sites (N-methyl/N-ethyl adjacent to an activating group) is 1. The molecule has 6 heteroatoms. The van der Waals surface area contributed by atoms with Crippen LogP contribution in [0.2, 0.25) is 5.02 Å². The van der Waals surface area contributed by atoms with Crippen molar-refractivity contribution in [2.24, 2.45) is 11.7 Å². The third-order valence-corrected chi connectivity index (χ3v) is 6.56. The summed E-state index contributed by atoms with van der Waals surface area (Å²) in [6, 6.07) is 11.6. The van der Waals surface area contributed by atoms with Crippen molar-refractivity contribution in [3.63, 3.8) is 0 Å². The highest BCUT2D eigenvalue weighted by Crippen LogP contribution is 2.46. The van der Waals surface area contributed by atoms with Crippen LogP contribution >= 0.6 is 11.6 Å². The van der Waals surface area contributed by atoms with Crippen molar-refractivity contribution in [1.82, 2.24) is 10.2 Å². The van der Waals surface area contributed by atoms with Crippen molar-refractivity contribution in [3.8, 4) is 11.1 Å². The highest BCUT2D eigenvalue weighted by molar-refractivity contribution is 6.30.